The zero-order valence-electron chi connectivity index (χ0n) is 11.0. The Kier molecular flexibility index (Phi) is 4.18. The van der Waals surface area contributed by atoms with E-state index in [1.165, 1.54) is 4.90 Å². The van der Waals surface area contributed by atoms with Crippen LogP contribution >= 0.6 is 0 Å². The van der Waals surface area contributed by atoms with Crippen molar-refractivity contribution in [1.29, 1.82) is 0 Å². The molecule has 104 valence electrons. The normalized spacial score (nSPS) is 24.8. The lowest BCUT2D eigenvalue weighted by Crippen LogP contribution is -2.69. The lowest BCUT2D eigenvalue weighted by Gasteiger charge is -2.40. The van der Waals surface area contributed by atoms with Crippen molar-refractivity contribution in [3.8, 4) is 0 Å². The van der Waals surface area contributed by atoms with Crippen LogP contribution in [-0.4, -0.2) is 59.4 Å². The summed E-state index contributed by atoms with van der Waals surface area (Å²) in [7, 11) is 0. The first-order valence-electron chi connectivity index (χ1n) is 5.87. The van der Waals surface area contributed by atoms with Gasteiger partial charge in [-0.15, -0.1) is 0 Å². The molecule has 7 heteroatoms. The summed E-state index contributed by atoms with van der Waals surface area (Å²) in [6.07, 6.45) is -0.511. The minimum Gasteiger partial charge on any atom is -0.480 e. The summed E-state index contributed by atoms with van der Waals surface area (Å²) in [6, 6.07) is 0. The van der Waals surface area contributed by atoms with Crippen LogP contribution in [0.3, 0.4) is 0 Å². The Labute approximate surface area is 106 Å². The van der Waals surface area contributed by atoms with Gasteiger partial charge in [0.25, 0.3) is 0 Å². The zero-order chi connectivity index (χ0) is 14.0. The maximum absolute atomic E-state index is 11.9. The molecular weight excluding hydrogens is 238 g/mol. The number of aliphatic carboxylic acids is 1. The average Bonchev–Trinajstić information content (AvgIpc) is 2.26. The Morgan fingerprint density at radius 2 is 2.11 bits per heavy atom. The van der Waals surface area contributed by atoms with Gasteiger partial charge < -0.3 is 20.5 Å². The number of piperazine rings is 1. The van der Waals surface area contributed by atoms with Crippen LogP contribution in [0.2, 0.25) is 0 Å². The highest BCUT2D eigenvalue weighted by molar-refractivity contribution is 5.81. The summed E-state index contributed by atoms with van der Waals surface area (Å²) < 4.78 is 5.22. The summed E-state index contributed by atoms with van der Waals surface area (Å²) in [5, 5.41) is 12.1. The third kappa shape index (κ3) is 3.33. The second-order valence-corrected chi connectivity index (χ2v) is 5.42. The fourth-order valence-electron chi connectivity index (χ4n) is 1.74. The number of carbonyl (C=O) groups excluding carboxylic acids is 1. The second kappa shape index (κ2) is 5.11. The highest BCUT2D eigenvalue weighted by Gasteiger charge is 2.43. The van der Waals surface area contributed by atoms with Crippen molar-refractivity contribution in [2.24, 2.45) is 5.73 Å². The van der Waals surface area contributed by atoms with E-state index in [1.807, 2.05) is 0 Å². The third-order valence-corrected chi connectivity index (χ3v) is 2.72. The van der Waals surface area contributed by atoms with Crippen molar-refractivity contribution < 1.29 is 19.4 Å². The van der Waals surface area contributed by atoms with Crippen LogP contribution in [0.1, 0.15) is 20.8 Å². The first-order valence-corrected chi connectivity index (χ1v) is 5.87. The van der Waals surface area contributed by atoms with E-state index in [9.17, 15) is 14.7 Å². The predicted octanol–water partition coefficient (Wildman–Crippen LogP) is -0.391. The van der Waals surface area contributed by atoms with Crippen molar-refractivity contribution in [3.63, 3.8) is 0 Å². The van der Waals surface area contributed by atoms with Gasteiger partial charge >= 0.3 is 12.1 Å². The van der Waals surface area contributed by atoms with Crippen molar-refractivity contribution >= 4 is 12.1 Å². The van der Waals surface area contributed by atoms with Crippen molar-refractivity contribution in [2.75, 3.05) is 26.2 Å². The first-order chi connectivity index (χ1) is 8.20. The van der Waals surface area contributed by atoms with Crippen LogP contribution in [0.15, 0.2) is 0 Å². The molecule has 0 radical (unpaired) electrons. The number of hydrogen-bond donors (Lipinski definition) is 3. The van der Waals surface area contributed by atoms with E-state index in [0.29, 0.717) is 13.1 Å². The summed E-state index contributed by atoms with van der Waals surface area (Å²) in [6.45, 7) is 6.00. The van der Waals surface area contributed by atoms with E-state index in [1.54, 1.807) is 20.8 Å². The van der Waals surface area contributed by atoms with Crippen molar-refractivity contribution in [3.05, 3.63) is 0 Å². The van der Waals surface area contributed by atoms with Gasteiger partial charge in [0, 0.05) is 19.6 Å². The number of carbonyl (C=O) groups is 2. The Balaban J connectivity index is 2.75. The zero-order valence-corrected chi connectivity index (χ0v) is 11.0. The van der Waals surface area contributed by atoms with Crippen molar-refractivity contribution in [2.45, 2.75) is 31.9 Å². The molecule has 1 heterocycles. The highest BCUT2D eigenvalue weighted by Crippen LogP contribution is 2.15. The van der Waals surface area contributed by atoms with Gasteiger partial charge in [0.05, 0.1) is 6.54 Å². The molecule has 1 aliphatic rings. The highest BCUT2D eigenvalue weighted by atomic mass is 16.6. The van der Waals surface area contributed by atoms with Crippen molar-refractivity contribution in [1.82, 2.24) is 10.2 Å². The standard InChI is InChI=1S/C11H21N3O4/c1-10(2,3)18-9(17)14-5-4-13-11(6-12,7-14)8(15)16/h13H,4-7,12H2,1-3H3,(H,15,16). The number of carboxylic acid groups (broad SMARTS) is 1. The number of ether oxygens (including phenoxy) is 1. The first kappa shape index (κ1) is 14.7. The van der Waals surface area contributed by atoms with E-state index >= 15 is 0 Å². The smallest absolute Gasteiger partial charge is 0.410 e. The molecule has 1 rings (SSSR count). The molecule has 0 aromatic carbocycles. The minimum absolute atomic E-state index is 0.00769. The largest absolute Gasteiger partial charge is 0.480 e. The second-order valence-electron chi connectivity index (χ2n) is 5.42. The maximum Gasteiger partial charge on any atom is 0.410 e. The number of nitrogens with two attached hydrogens (primary N) is 1. The number of hydrogen-bond acceptors (Lipinski definition) is 5. The molecule has 1 aliphatic heterocycles. The number of amides is 1. The van der Waals surface area contributed by atoms with E-state index in [0.717, 1.165) is 0 Å². The number of carboxylic acids is 1. The molecule has 0 spiro atoms. The monoisotopic (exact) mass is 259 g/mol. The van der Waals surface area contributed by atoms with Gasteiger partial charge in [0.15, 0.2) is 0 Å². The predicted molar refractivity (Wildman–Crippen MR) is 65.2 cm³/mol. The molecule has 0 bridgehead atoms. The third-order valence-electron chi connectivity index (χ3n) is 2.72. The van der Waals surface area contributed by atoms with Crippen LogP contribution in [0, 0.1) is 0 Å². The topological polar surface area (TPSA) is 105 Å². The van der Waals surface area contributed by atoms with Gasteiger partial charge in [-0.25, -0.2) is 4.79 Å². The Hall–Kier alpha value is -1.34. The van der Waals surface area contributed by atoms with E-state index in [-0.39, 0.29) is 13.1 Å². The average molecular weight is 259 g/mol. The Morgan fingerprint density at radius 3 is 2.56 bits per heavy atom. The van der Waals surface area contributed by atoms with E-state index < -0.39 is 23.2 Å². The number of nitrogens with one attached hydrogen (secondary N) is 1. The molecular formula is C11H21N3O4. The molecule has 0 saturated carbocycles. The molecule has 7 nitrogen and oxygen atoms in total. The van der Waals surface area contributed by atoms with E-state index in [4.69, 9.17) is 10.5 Å². The molecule has 4 N–H and O–H groups in total. The SMILES string of the molecule is CC(C)(C)OC(=O)N1CCNC(CN)(C(=O)O)C1. The summed E-state index contributed by atoms with van der Waals surface area (Å²) in [4.78, 5) is 24.5. The lowest BCUT2D eigenvalue weighted by molar-refractivity contribution is -0.146. The van der Waals surface area contributed by atoms with Gasteiger partial charge in [-0.05, 0) is 20.8 Å². The van der Waals surface area contributed by atoms with Gasteiger partial charge in [-0.3, -0.25) is 10.1 Å². The molecule has 18 heavy (non-hydrogen) atoms. The maximum atomic E-state index is 11.9. The molecule has 1 atom stereocenters. The molecule has 0 aromatic heterocycles. The van der Waals surface area contributed by atoms with E-state index in [2.05, 4.69) is 5.32 Å². The fourth-order valence-corrected chi connectivity index (χ4v) is 1.74. The minimum atomic E-state index is -1.28. The summed E-state index contributed by atoms with van der Waals surface area (Å²) in [5.41, 5.74) is 3.62. The number of rotatable bonds is 2. The summed E-state index contributed by atoms with van der Waals surface area (Å²) >= 11 is 0. The Morgan fingerprint density at radius 1 is 1.50 bits per heavy atom. The van der Waals surface area contributed by atoms with Gasteiger partial charge in [0.2, 0.25) is 0 Å². The fraction of sp³-hybridized carbons (Fsp3) is 0.818. The lowest BCUT2D eigenvalue weighted by atomic mass is 9.97. The van der Waals surface area contributed by atoms with Crippen LogP contribution in [0.4, 0.5) is 4.79 Å². The van der Waals surface area contributed by atoms with Gasteiger partial charge in [-0.2, -0.15) is 0 Å². The quantitative estimate of drug-likeness (QED) is 0.623. The molecule has 1 unspecified atom stereocenters. The van der Waals surface area contributed by atoms with Crippen LogP contribution < -0.4 is 11.1 Å². The van der Waals surface area contributed by atoms with Crippen LogP contribution in [0.5, 0.6) is 0 Å². The number of nitrogens with zero attached hydrogens (tertiary/aromatic N) is 1. The molecule has 0 aliphatic carbocycles. The van der Waals surface area contributed by atoms with Crippen LogP contribution in [0.25, 0.3) is 0 Å². The van der Waals surface area contributed by atoms with Gasteiger partial charge in [0.1, 0.15) is 11.1 Å². The molecule has 1 fully saturated rings. The molecule has 0 aromatic rings. The van der Waals surface area contributed by atoms with Gasteiger partial charge in [-0.1, -0.05) is 0 Å². The summed E-state index contributed by atoms with van der Waals surface area (Å²) in [5.74, 6) is -1.06. The molecule has 1 saturated heterocycles. The van der Waals surface area contributed by atoms with Crippen LogP contribution in [-0.2, 0) is 9.53 Å². The Bertz CT molecular complexity index is 340. The molecule has 1 amide bonds.